The zero-order valence-corrected chi connectivity index (χ0v) is 9.93. The van der Waals surface area contributed by atoms with Crippen molar-refractivity contribution in [3.8, 4) is 11.8 Å². The van der Waals surface area contributed by atoms with Crippen LogP contribution in [0, 0.1) is 11.3 Å². The van der Waals surface area contributed by atoms with Gasteiger partial charge in [0.05, 0.1) is 31.1 Å². The number of hydrogen-bond donors (Lipinski definition) is 2. The van der Waals surface area contributed by atoms with Crippen LogP contribution in [0.25, 0.3) is 0 Å². The van der Waals surface area contributed by atoms with Gasteiger partial charge in [-0.1, -0.05) is 0 Å². The highest BCUT2D eigenvalue weighted by Gasteiger charge is 2.07. The summed E-state index contributed by atoms with van der Waals surface area (Å²) in [6, 6.07) is 7.18. The monoisotopic (exact) mass is 236 g/mol. The predicted octanol–water partition coefficient (Wildman–Crippen LogP) is 0.986. The lowest BCUT2D eigenvalue weighted by Crippen LogP contribution is -2.24. The van der Waals surface area contributed by atoms with Crippen molar-refractivity contribution in [2.24, 2.45) is 0 Å². The third-order valence-electron chi connectivity index (χ3n) is 2.23. The van der Waals surface area contributed by atoms with E-state index in [0.717, 1.165) is 0 Å². The van der Waals surface area contributed by atoms with Crippen LogP contribution in [0.5, 0.6) is 5.75 Å². The van der Waals surface area contributed by atoms with Gasteiger partial charge < -0.3 is 19.9 Å². The Labute approximate surface area is 101 Å². The summed E-state index contributed by atoms with van der Waals surface area (Å²) < 4.78 is 9.89. The van der Waals surface area contributed by atoms with Gasteiger partial charge in [0.15, 0.2) is 0 Å². The van der Waals surface area contributed by atoms with Gasteiger partial charge in [0.1, 0.15) is 11.8 Å². The first-order chi connectivity index (χ1) is 8.21. The second-order valence-electron chi connectivity index (χ2n) is 3.51. The van der Waals surface area contributed by atoms with E-state index >= 15 is 0 Å². The van der Waals surface area contributed by atoms with E-state index in [1.54, 1.807) is 25.3 Å². The number of ether oxygens (including phenoxy) is 2. The van der Waals surface area contributed by atoms with Gasteiger partial charge in [-0.3, -0.25) is 0 Å². The number of nitrogens with zero attached hydrogens (tertiary/aromatic N) is 1. The van der Waals surface area contributed by atoms with Crippen LogP contribution >= 0.6 is 0 Å². The molecule has 0 amide bonds. The third kappa shape index (κ3) is 3.94. The van der Waals surface area contributed by atoms with Crippen molar-refractivity contribution in [1.29, 1.82) is 5.26 Å². The molecule has 0 aliphatic heterocycles. The SMILES string of the molecule is COCC(O)CNc1cc(OC)ccc1C#N. The van der Waals surface area contributed by atoms with Crippen LogP contribution < -0.4 is 10.1 Å². The molecule has 0 saturated carbocycles. The average Bonchev–Trinajstić information content (AvgIpc) is 2.36. The first-order valence-electron chi connectivity index (χ1n) is 5.20. The van der Waals surface area contributed by atoms with Crippen LogP contribution in [-0.2, 0) is 4.74 Å². The molecular weight excluding hydrogens is 220 g/mol. The maximum atomic E-state index is 9.50. The first-order valence-corrected chi connectivity index (χ1v) is 5.20. The van der Waals surface area contributed by atoms with Crippen molar-refractivity contribution in [2.45, 2.75) is 6.10 Å². The van der Waals surface area contributed by atoms with E-state index in [2.05, 4.69) is 11.4 Å². The molecule has 0 radical (unpaired) electrons. The molecule has 1 rings (SSSR count). The Morgan fingerprint density at radius 3 is 2.82 bits per heavy atom. The Bertz CT molecular complexity index is 401. The zero-order valence-electron chi connectivity index (χ0n) is 9.93. The molecule has 1 unspecified atom stereocenters. The minimum absolute atomic E-state index is 0.249. The zero-order chi connectivity index (χ0) is 12.7. The van der Waals surface area contributed by atoms with Gasteiger partial charge in [0.2, 0.25) is 0 Å². The van der Waals surface area contributed by atoms with Gasteiger partial charge in [-0.05, 0) is 12.1 Å². The van der Waals surface area contributed by atoms with E-state index in [0.29, 0.717) is 23.5 Å². The molecule has 2 N–H and O–H groups in total. The Morgan fingerprint density at radius 1 is 1.47 bits per heavy atom. The fraction of sp³-hybridized carbons (Fsp3) is 0.417. The van der Waals surface area contributed by atoms with Gasteiger partial charge in [-0.2, -0.15) is 5.26 Å². The van der Waals surface area contributed by atoms with Crippen LogP contribution in [0.1, 0.15) is 5.56 Å². The van der Waals surface area contributed by atoms with E-state index in [9.17, 15) is 5.11 Å². The van der Waals surface area contributed by atoms with Gasteiger partial charge in [0, 0.05) is 19.7 Å². The molecule has 0 fully saturated rings. The number of nitrogens with one attached hydrogen (secondary N) is 1. The lowest BCUT2D eigenvalue weighted by atomic mass is 10.2. The highest BCUT2D eigenvalue weighted by molar-refractivity contribution is 5.60. The molecule has 1 aromatic rings. The Kier molecular flexibility index (Phi) is 5.27. The molecule has 17 heavy (non-hydrogen) atoms. The number of benzene rings is 1. The highest BCUT2D eigenvalue weighted by atomic mass is 16.5. The number of aliphatic hydroxyl groups excluding tert-OH is 1. The number of aliphatic hydroxyl groups is 1. The van der Waals surface area contributed by atoms with E-state index < -0.39 is 6.10 Å². The van der Waals surface area contributed by atoms with E-state index in [4.69, 9.17) is 14.7 Å². The molecule has 0 spiro atoms. The predicted molar refractivity (Wildman–Crippen MR) is 64.1 cm³/mol. The van der Waals surface area contributed by atoms with Crippen LogP contribution in [0.4, 0.5) is 5.69 Å². The van der Waals surface area contributed by atoms with Crippen molar-refractivity contribution >= 4 is 5.69 Å². The second-order valence-corrected chi connectivity index (χ2v) is 3.51. The molecule has 0 aliphatic rings. The molecule has 92 valence electrons. The van der Waals surface area contributed by atoms with Gasteiger partial charge in [-0.25, -0.2) is 0 Å². The fourth-order valence-electron chi connectivity index (χ4n) is 1.37. The summed E-state index contributed by atoms with van der Waals surface area (Å²) >= 11 is 0. The maximum Gasteiger partial charge on any atom is 0.121 e. The summed E-state index contributed by atoms with van der Waals surface area (Å²) in [5.74, 6) is 0.660. The van der Waals surface area contributed by atoms with Gasteiger partial charge in [0.25, 0.3) is 0 Å². The van der Waals surface area contributed by atoms with Crippen LogP contribution in [-0.4, -0.2) is 38.6 Å². The lowest BCUT2D eigenvalue weighted by molar-refractivity contribution is 0.0727. The fourth-order valence-corrected chi connectivity index (χ4v) is 1.37. The van der Waals surface area contributed by atoms with Crippen molar-refractivity contribution in [3.63, 3.8) is 0 Å². The van der Waals surface area contributed by atoms with Gasteiger partial charge >= 0.3 is 0 Å². The van der Waals surface area contributed by atoms with Crippen molar-refractivity contribution < 1.29 is 14.6 Å². The number of rotatable bonds is 6. The van der Waals surface area contributed by atoms with Crippen molar-refractivity contribution in [3.05, 3.63) is 23.8 Å². The summed E-state index contributed by atoms with van der Waals surface area (Å²) in [4.78, 5) is 0. The number of nitriles is 1. The Morgan fingerprint density at radius 2 is 2.24 bits per heavy atom. The largest absolute Gasteiger partial charge is 0.497 e. The second kappa shape index (κ2) is 6.74. The molecule has 0 aliphatic carbocycles. The molecule has 1 atom stereocenters. The summed E-state index contributed by atoms with van der Waals surface area (Å²) in [5.41, 5.74) is 1.15. The van der Waals surface area contributed by atoms with Gasteiger partial charge in [-0.15, -0.1) is 0 Å². The lowest BCUT2D eigenvalue weighted by Gasteiger charge is -2.13. The van der Waals surface area contributed by atoms with Crippen LogP contribution in [0.15, 0.2) is 18.2 Å². The number of anilines is 1. The highest BCUT2D eigenvalue weighted by Crippen LogP contribution is 2.21. The van der Waals surface area contributed by atoms with Crippen LogP contribution in [0.3, 0.4) is 0 Å². The molecular formula is C12H16N2O3. The molecule has 0 aromatic heterocycles. The third-order valence-corrected chi connectivity index (χ3v) is 2.23. The smallest absolute Gasteiger partial charge is 0.121 e. The number of methoxy groups -OCH3 is 2. The average molecular weight is 236 g/mol. The molecule has 5 nitrogen and oxygen atoms in total. The molecule has 0 bridgehead atoms. The van der Waals surface area contributed by atoms with E-state index in [1.807, 2.05) is 0 Å². The topological polar surface area (TPSA) is 74.5 Å². The number of hydrogen-bond acceptors (Lipinski definition) is 5. The first kappa shape index (κ1) is 13.3. The molecule has 5 heteroatoms. The summed E-state index contributed by atoms with van der Waals surface area (Å²) in [7, 11) is 3.08. The van der Waals surface area contributed by atoms with Crippen molar-refractivity contribution in [1.82, 2.24) is 0 Å². The summed E-state index contributed by atoms with van der Waals surface area (Å²) in [5, 5.41) is 21.4. The maximum absolute atomic E-state index is 9.50. The Hall–Kier alpha value is -1.77. The standard InChI is InChI=1S/C12H16N2O3/c1-16-8-10(15)7-14-12-5-11(17-2)4-3-9(12)6-13/h3-5,10,14-15H,7-8H2,1-2H3. The molecule has 0 heterocycles. The Balaban J connectivity index is 2.71. The molecule has 1 aromatic carbocycles. The summed E-state index contributed by atoms with van der Waals surface area (Å²) in [6.45, 7) is 0.564. The molecule has 0 saturated heterocycles. The van der Waals surface area contributed by atoms with E-state index in [1.165, 1.54) is 7.11 Å². The minimum Gasteiger partial charge on any atom is -0.497 e. The van der Waals surface area contributed by atoms with Crippen LogP contribution in [0.2, 0.25) is 0 Å². The van der Waals surface area contributed by atoms with Crippen molar-refractivity contribution in [2.75, 3.05) is 32.7 Å². The minimum atomic E-state index is -0.613. The summed E-state index contributed by atoms with van der Waals surface area (Å²) in [6.07, 6.45) is -0.613. The quantitative estimate of drug-likeness (QED) is 0.770. The normalized spacial score (nSPS) is 11.6. The van der Waals surface area contributed by atoms with E-state index in [-0.39, 0.29) is 6.61 Å².